The van der Waals surface area contributed by atoms with E-state index in [4.69, 9.17) is 9.47 Å². The summed E-state index contributed by atoms with van der Waals surface area (Å²) in [7, 11) is 0. The molecular formula is C12H21NO3. The summed E-state index contributed by atoms with van der Waals surface area (Å²) in [5.74, 6) is 0.0889. The number of esters is 1. The molecule has 4 heteroatoms. The third-order valence-corrected chi connectivity index (χ3v) is 3.40. The molecule has 2 rings (SSSR count). The largest absolute Gasteiger partial charge is 0.466 e. The summed E-state index contributed by atoms with van der Waals surface area (Å²) < 4.78 is 10.2. The van der Waals surface area contributed by atoms with E-state index in [1.807, 2.05) is 6.92 Å². The van der Waals surface area contributed by atoms with Gasteiger partial charge in [0, 0.05) is 6.04 Å². The van der Waals surface area contributed by atoms with Crippen LogP contribution in [-0.2, 0) is 14.3 Å². The minimum absolute atomic E-state index is 0.0149. The molecule has 4 nitrogen and oxygen atoms in total. The Bertz CT molecular complexity index is 240. The summed E-state index contributed by atoms with van der Waals surface area (Å²) in [6, 6.07) is 0.975. The molecule has 0 bridgehead atoms. The summed E-state index contributed by atoms with van der Waals surface area (Å²) in [6.07, 6.45) is 4.20. The lowest BCUT2D eigenvalue weighted by Gasteiger charge is -2.35. The van der Waals surface area contributed by atoms with Gasteiger partial charge < -0.3 is 14.8 Å². The van der Waals surface area contributed by atoms with Crippen molar-refractivity contribution in [1.82, 2.24) is 5.32 Å². The molecule has 0 radical (unpaired) electrons. The lowest BCUT2D eigenvalue weighted by molar-refractivity contribution is -0.149. The van der Waals surface area contributed by atoms with Crippen LogP contribution in [0.3, 0.4) is 0 Å². The third-order valence-electron chi connectivity index (χ3n) is 3.40. The number of rotatable bonds is 4. The van der Waals surface area contributed by atoms with Gasteiger partial charge in [-0.3, -0.25) is 4.79 Å². The number of carbonyl (C=O) groups is 1. The van der Waals surface area contributed by atoms with Gasteiger partial charge in [0.05, 0.1) is 31.8 Å². The van der Waals surface area contributed by atoms with Crippen molar-refractivity contribution in [3.05, 3.63) is 0 Å². The quantitative estimate of drug-likeness (QED) is 0.731. The first-order valence-electron chi connectivity index (χ1n) is 6.30. The van der Waals surface area contributed by atoms with Gasteiger partial charge in [0.2, 0.25) is 0 Å². The van der Waals surface area contributed by atoms with Crippen molar-refractivity contribution in [3.8, 4) is 0 Å². The fraction of sp³-hybridized carbons (Fsp3) is 0.917. The molecule has 1 saturated carbocycles. The van der Waals surface area contributed by atoms with Crippen LogP contribution in [-0.4, -0.2) is 37.9 Å². The van der Waals surface area contributed by atoms with Gasteiger partial charge in [-0.1, -0.05) is 6.42 Å². The van der Waals surface area contributed by atoms with Gasteiger partial charge in [0.25, 0.3) is 0 Å². The van der Waals surface area contributed by atoms with Crippen molar-refractivity contribution in [2.75, 3.05) is 19.8 Å². The number of ether oxygens (including phenoxy) is 2. The molecule has 1 aliphatic heterocycles. The molecule has 1 N–H and O–H groups in total. The Morgan fingerprint density at radius 1 is 1.38 bits per heavy atom. The van der Waals surface area contributed by atoms with Crippen LogP contribution in [0, 0.1) is 5.92 Å². The molecule has 0 aromatic heterocycles. The van der Waals surface area contributed by atoms with E-state index in [1.54, 1.807) is 0 Å². The van der Waals surface area contributed by atoms with Crippen molar-refractivity contribution >= 4 is 5.97 Å². The lowest BCUT2D eigenvalue weighted by Crippen LogP contribution is -2.51. The Hall–Kier alpha value is -0.610. The molecule has 1 saturated heterocycles. The second-order valence-electron chi connectivity index (χ2n) is 4.71. The van der Waals surface area contributed by atoms with Gasteiger partial charge in [-0.2, -0.15) is 0 Å². The van der Waals surface area contributed by atoms with Crippen molar-refractivity contribution in [2.24, 2.45) is 5.92 Å². The van der Waals surface area contributed by atoms with Crippen LogP contribution < -0.4 is 5.32 Å². The van der Waals surface area contributed by atoms with Crippen molar-refractivity contribution in [3.63, 3.8) is 0 Å². The summed E-state index contributed by atoms with van der Waals surface area (Å²) in [6.45, 7) is 3.99. The van der Waals surface area contributed by atoms with Crippen molar-refractivity contribution < 1.29 is 14.3 Å². The van der Waals surface area contributed by atoms with Gasteiger partial charge in [-0.25, -0.2) is 0 Å². The SMILES string of the molecule is CCOC(=O)C1CCCC(NC2COC2)C1. The summed E-state index contributed by atoms with van der Waals surface area (Å²) in [5.41, 5.74) is 0. The number of carbonyl (C=O) groups excluding carboxylic acids is 1. The molecule has 2 aliphatic rings. The predicted octanol–water partition coefficient (Wildman–Crippen LogP) is 1.10. The molecular weight excluding hydrogens is 206 g/mol. The third kappa shape index (κ3) is 2.95. The van der Waals surface area contributed by atoms with Crippen molar-refractivity contribution in [1.29, 1.82) is 0 Å². The molecule has 0 spiro atoms. The van der Waals surface area contributed by atoms with Crippen LogP contribution in [0.5, 0.6) is 0 Å². The number of hydrogen-bond acceptors (Lipinski definition) is 4. The normalized spacial score (nSPS) is 30.8. The van der Waals surface area contributed by atoms with E-state index in [-0.39, 0.29) is 11.9 Å². The minimum Gasteiger partial charge on any atom is -0.466 e. The average Bonchev–Trinajstić information content (AvgIpc) is 2.24. The highest BCUT2D eigenvalue weighted by atomic mass is 16.5. The second kappa shape index (κ2) is 5.64. The topological polar surface area (TPSA) is 47.6 Å². The van der Waals surface area contributed by atoms with Gasteiger partial charge in [0.15, 0.2) is 0 Å². The van der Waals surface area contributed by atoms with Crippen LogP contribution in [0.2, 0.25) is 0 Å². The van der Waals surface area contributed by atoms with Crippen LogP contribution >= 0.6 is 0 Å². The van der Waals surface area contributed by atoms with E-state index < -0.39 is 0 Å². The summed E-state index contributed by atoms with van der Waals surface area (Å²) >= 11 is 0. The molecule has 16 heavy (non-hydrogen) atoms. The van der Waals surface area contributed by atoms with Crippen LogP contribution in [0.1, 0.15) is 32.6 Å². The lowest BCUT2D eigenvalue weighted by atomic mass is 9.85. The fourth-order valence-electron chi connectivity index (χ4n) is 2.48. The standard InChI is InChI=1S/C12H21NO3/c1-2-16-12(14)9-4-3-5-10(6-9)13-11-7-15-8-11/h9-11,13H,2-8H2,1H3. The molecule has 0 amide bonds. The molecule has 0 aromatic rings. The van der Waals surface area contributed by atoms with E-state index in [1.165, 1.54) is 6.42 Å². The summed E-state index contributed by atoms with van der Waals surface area (Å²) in [5, 5.41) is 3.55. The Morgan fingerprint density at radius 2 is 2.19 bits per heavy atom. The Morgan fingerprint density at radius 3 is 2.81 bits per heavy atom. The maximum Gasteiger partial charge on any atom is 0.308 e. The van der Waals surface area contributed by atoms with Gasteiger partial charge in [-0.05, 0) is 26.2 Å². The van der Waals surface area contributed by atoms with E-state index in [0.29, 0.717) is 18.7 Å². The zero-order valence-electron chi connectivity index (χ0n) is 9.91. The zero-order valence-corrected chi connectivity index (χ0v) is 9.91. The Kier molecular flexibility index (Phi) is 4.18. The summed E-state index contributed by atoms with van der Waals surface area (Å²) in [4.78, 5) is 11.6. The maximum atomic E-state index is 11.6. The number of nitrogens with one attached hydrogen (secondary N) is 1. The Balaban J connectivity index is 1.76. The molecule has 2 unspecified atom stereocenters. The van der Waals surface area contributed by atoms with E-state index in [9.17, 15) is 4.79 Å². The zero-order chi connectivity index (χ0) is 11.4. The molecule has 2 atom stereocenters. The maximum absolute atomic E-state index is 11.6. The van der Waals surface area contributed by atoms with Crippen LogP contribution in [0.25, 0.3) is 0 Å². The van der Waals surface area contributed by atoms with Crippen LogP contribution in [0.4, 0.5) is 0 Å². The molecule has 1 heterocycles. The first-order valence-corrected chi connectivity index (χ1v) is 6.30. The molecule has 0 aromatic carbocycles. The minimum atomic E-state index is -0.0149. The fourth-order valence-corrected chi connectivity index (χ4v) is 2.48. The second-order valence-corrected chi connectivity index (χ2v) is 4.71. The smallest absolute Gasteiger partial charge is 0.308 e. The van der Waals surface area contributed by atoms with Gasteiger partial charge in [0.1, 0.15) is 0 Å². The van der Waals surface area contributed by atoms with Crippen molar-refractivity contribution in [2.45, 2.75) is 44.7 Å². The van der Waals surface area contributed by atoms with E-state index in [2.05, 4.69) is 5.32 Å². The first kappa shape index (κ1) is 11.9. The van der Waals surface area contributed by atoms with E-state index >= 15 is 0 Å². The monoisotopic (exact) mass is 227 g/mol. The highest BCUT2D eigenvalue weighted by molar-refractivity contribution is 5.72. The Labute approximate surface area is 96.7 Å². The predicted molar refractivity (Wildman–Crippen MR) is 60.1 cm³/mol. The molecule has 2 fully saturated rings. The van der Waals surface area contributed by atoms with Gasteiger partial charge >= 0.3 is 5.97 Å². The number of hydrogen-bond donors (Lipinski definition) is 1. The average molecular weight is 227 g/mol. The van der Waals surface area contributed by atoms with E-state index in [0.717, 1.165) is 32.5 Å². The highest BCUT2D eigenvalue weighted by Gasteiger charge is 2.30. The first-order chi connectivity index (χ1) is 7.79. The molecule has 92 valence electrons. The highest BCUT2D eigenvalue weighted by Crippen LogP contribution is 2.26. The molecule has 1 aliphatic carbocycles. The van der Waals surface area contributed by atoms with Gasteiger partial charge in [-0.15, -0.1) is 0 Å². The van der Waals surface area contributed by atoms with Crippen LogP contribution in [0.15, 0.2) is 0 Å².